The SMILES string of the molecule is Cn1nnc(CN2CCCC2CN)n1. The summed E-state index contributed by atoms with van der Waals surface area (Å²) in [6.45, 7) is 2.59. The zero-order valence-corrected chi connectivity index (χ0v) is 8.43. The number of nitrogens with zero attached hydrogens (tertiary/aromatic N) is 5. The molecule has 1 unspecified atom stereocenters. The lowest BCUT2D eigenvalue weighted by molar-refractivity contribution is 0.244. The first-order chi connectivity index (χ1) is 6.79. The van der Waals surface area contributed by atoms with Crippen molar-refractivity contribution in [1.29, 1.82) is 0 Å². The maximum Gasteiger partial charge on any atom is 0.188 e. The molecule has 0 aliphatic carbocycles. The molecule has 0 saturated carbocycles. The van der Waals surface area contributed by atoms with Gasteiger partial charge in [-0.2, -0.15) is 4.80 Å². The fourth-order valence-corrected chi connectivity index (χ4v) is 1.94. The van der Waals surface area contributed by atoms with Crippen LogP contribution in [0.1, 0.15) is 18.7 Å². The number of hydrogen-bond donors (Lipinski definition) is 1. The second kappa shape index (κ2) is 4.02. The first-order valence-corrected chi connectivity index (χ1v) is 4.96. The molecular weight excluding hydrogens is 180 g/mol. The Morgan fingerprint density at radius 2 is 2.43 bits per heavy atom. The van der Waals surface area contributed by atoms with Crippen LogP contribution in [0.4, 0.5) is 0 Å². The van der Waals surface area contributed by atoms with Crippen LogP contribution in [-0.4, -0.2) is 44.2 Å². The molecule has 6 heteroatoms. The van der Waals surface area contributed by atoms with Gasteiger partial charge in [-0.05, 0) is 24.6 Å². The molecule has 1 aromatic heterocycles. The van der Waals surface area contributed by atoms with E-state index in [9.17, 15) is 0 Å². The van der Waals surface area contributed by atoms with Gasteiger partial charge in [-0.3, -0.25) is 4.90 Å². The second-order valence-corrected chi connectivity index (χ2v) is 3.70. The van der Waals surface area contributed by atoms with Crippen LogP contribution in [0.15, 0.2) is 0 Å². The van der Waals surface area contributed by atoms with Crippen LogP contribution < -0.4 is 5.73 Å². The normalized spacial score (nSPS) is 23.1. The predicted molar refractivity (Wildman–Crippen MR) is 51.3 cm³/mol. The molecule has 1 aliphatic heterocycles. The summed E-state index contributed by atoms with van der Waals surface area (Å²) < 4.78 is 0. The van der Waals surface area contributed by atoms with Crippen molar-refractivity contribution in [2.24, 2.45) is 12.8 Å². The molecule has 1 saturated heterocycles. The molecule has 1 aromatic rings. The van der Waals surface area contributed by atoms with Crippen LogP contribution in [0.25, 0.3) is 0 Å². The molecule has 0 amide bonds. The van der Waals surface area contributed by atoms with Crippen molar-refractivity contribution in [2.75, 3.05) is 13.1 Å². The van der Waals surface area contributed by atoms with Crippen molar-refractivity contribution < 1.29 is 0 Å². The molecule has 6 nitrogen and oxygen atoms in total. The molecule has 2 N–H and O–H groups in total. The first kappa shape index (κ1) is 9.54. The Kier molecular flexibility index (Phi) is 2.74. The van der Waals surface area contributed by atoms with Gasteiger partial charge in [-0.25, -0.2) is 0 Å². The van der Waals surface area contributed by atoms with E-state index in [1.165, 1.54) is 17.6 Å². The highest BCUT2D eigenvalue weighted by Crippen LogP contribution is 2.17. The quantitative estimate of drug-likeness (QED) is 0.680. The number of rotatable bonds is 3. The molecule has 0 bridgehead atoms. The highest BCUT2D eigenvalue weighted by atomic mass is 15.6. The lowest BCUT2D eigenvalue weighted by Crippen LogP contribution is -2.35. The molecule has 0 aromatic carbocycles. The number of tetrazole rings is 1. The van der Waals surface area contributed by atoms with E-state index in [1.54, 1.807) is 7.05 Å². The first-order valence-electron chi connectivity index (χ1n) is 4.96. The van der Waals surface area contributed by atoms with E-state index in [1.807, 2.05) is 0 Å². The average molecular weight is 196 g/mol. The van der Waals surface area contributed by atoms with E-state index in [0.29, 0.717) is 6.04 Å². The smallest absolute Gasteiger partial charge is 0.188 e. The van der Waals surface area contributed by atoms with Crippen molar-refractivity contribution in [2.45, 2.75) is 25.4 Å². The molecule has 78 valence electrons. The standard InChI is InChI=1S/C8H16N6/c1-13-11-8(10-12-13)6-14-4-2-3-7(14)5-9/h7H,2-6,9H2,1H3. The molecule has 0 spiro atoms. The molecule has 1 aliphatic rings. The minimum absolute atomic E-state index is 0.499. The number of likely N-dealkylation sites (tertiary alicyclic amines) is 1. The third-order valence-electron chi connectivity index (χ3n) is 2.67. The van der Waals surface area contributed by atoms with E-state index >= 15 is 0 Å². The monoisotopic (exact) mass is 196 g/mol. The van der Waals surface area contributed by atoms with Gasteiger partial charge < -0.3 is 5.73 Å². The van der Waals surface area contributed by atoms with Crippen LogP contribution in [0.3, 0.4) is 0 Å². The topological polar surface area (TPSA) is 72.9 Å². The zero-order chi connectivity index (χ0) is 9.97. The minimum atomic E-state index is 0.499. The zero-order valence-electron chi connectivity index (χ0n) is 8.43. The minimum Gasteiger partial charge on any atom is -0.329 e. The lowest BCUT2D eigenvalue weighted by atomic mass is 10.2. The van der Waals surface area contributed by atoms with Crippen molar-refractivity contribution in [3.05, 3.63) is 5.82 Å². The van der Waals surface area contributed by atoms with E-state index in [-0.39, 0.29) is 0 Å². The summed E-state index contributed by atoms with van der Waals surface area (Å²) in [5.74, 6) is 0.785. The van der Waals surface area contributed by atoms with E-state index in [2.05, 4.69) is 20.3 Å². The maximum atomic E-state index is 5.68. The summed E-state index contributed by atoms with van der Waals surface area (Å²) in [7, 11) is 1.78. The highest BCUT2D eigenvalue weighted by Gasteiger charge is 2.24. The van der Waals surface area contributed by atoms with Gasteiger partial charge in [0, 0.05) is 12.6 Å². The molecule has 14 heavy (non-hydrogen) atoms. The van der Waals surface area contributed by atoms with Crippen molar-refractivity contribution in [1.82, 2.24) is 25.1 Å². The van der Waals surface area contributed by atoms with Crippen molar-refractivity contribution >= 4 is 0 Å². The van der Waals surface area contributed by atoms with Crippen LogP contribution in [0.5, 0.6) is 0 Å². The number of nitrogens with two attached hydrogens (primary N) is 1. The van der Waals surface area contributed by atoms with Crippen molar-refractivity contribution in [3.8, 4) is 0 Å². The molecule has 2 heterocycles. The number of aryl methyl sites for hydroxylation is 1. The Morgan fingerprint density at radius 1 is 1.57 bits per heavy atom. The third kappa shape index (κ3) is 1.91. The van der Waals surface area contributed by atoms with Gasteiger partial charge in [0.2, 0.25) is 0 Å². The van der Waals surface area contributed by atoms with Crippen molar-refractivity contribution in [3.63, 3.8) is 0 Å². The van der Waals surface area contributed by atoms with Crippen LogP contribution in [0.2, 0.25) is 0 Å². The fraction of sp³-hybridized carbons (Fsp3) is 0.875. The molecule has 1 atom stereocenters. The Labute approximate surface area is 83.1 Å². The van der Waals surface area contributed by atoms with Gasteiger partial charge in [-0.15, -0.1) is 10.2 Å². The van der Waals surface area contributed by atoms with Gasteiger partial charge in [-0.1, -0.05) is 0 Å². The van der Waals surface area contributed by atoms with Crippen LogP contribution >= 0.6 is 0 Å². The van der Waals surface area contributed by atoms with E-state index < -0.39 is 0 Å². The Hall–Kier alpha value is -1.01. The number of hydrogen-bond acceptors (Lipinski definition) is 5. The maximum absolute atomic E-state index is 5.68. The summed E-state index contributed by atoms with van der Waals surface area (Å²) in [5, 5.41) is 11.9. The summed E-state index contributed by atoms with van der Waals surface area (Å²) in [4.78, 5) is 3.82. The molecule has 2 rings (SSSR count). The van der Waals surface area contributed by atoms with Gasteiger partial charge in [0.25, 0.3) is 0 Å². The van der Waals surface area contributed by atoms with E-state index in [0.717, 1.165) is 25.5 Å². The van der Waals surface area contributed by atoms with Crippen LogP contribution in [0, 0.1) is 0 Å². The van der Waals surface area contributed by atoms with Gasteiger partial charge in [0.15, 0.2) is 5.82 Å². The van der Waals surface area contributed by atoms with Gasteiger partial charge in [0.1, 0.15) is 0 Å². The highest BCUT2D eigenvalue weighted by molar-refractivity contribution is 4.85. The Balaban J connectivity index is 1.96. The molecule has 1 fully saturated rings. The average Bonchev–Trinajstić information content (AvgIpc) is 2.76. The van der Waals surface area contributed by atoms with Gasteiger partial charge in [0.05, 0.1) is 13.6 Å². The summed E-state index contributed by atoms with van der Waals surface area (Å²) in [6, 6.07) is 0.499. The fourth-order valence-electron chi connectivity index (χ4n) is 1.94. The predicted octanol–water partition coefficient (Wildman–Crippen LogP) is -0.867. The Bertz CT molecular complexity index is 296. The lowest BCUT2D eigenvalue weighted by Gasteiger charge is -2.20. The Morgan fingerprint density at radius 3 is 3.07 bits per heavy atom. The summed E-state index contributed by atoms with van der Waals surface area (Å²) in [5.41, 5.74) is 5.68. The van der Waals surface area contributed by atoms with Crippen LogP contribution in [-0.2, 0) is 13.6 Å². The second-order valence-electron chi connectivity index (χ2n) is 3.70. The summed E-state index contributed by atoms with van der Waals surface area (Å²) >= 11 is 0. The number of aromatic nitrogens is 4. The molecular formula is C8H16N6. The third-order valence-corrected chi connectivity index (χ3v) is 2.67. The largest absolute Gasteiger partial charge is 0.329 e. The summed E-state index contributed by atoms with van der Waals surface area (Å²) in [6.07, 6.45) is 2.42. The van der Waals surface area contributed by atoms with Gasteiger partial charge >= 0.3 is 0 Å². The molecule has 0 radical (unpaired) electrons. The van der Waals surface area contributed by atoms with E-state index in [4.69, 9.17) is 5.73 Å².